The molecular weight excluding hydrogens is 272 g/mol. The quantitative estimate of drug-likeness (QED) is 0.903. The Bertz CT molecular complexity index is 509. The molecule has 1 aromatic carbocycles. The molecule has 0 spiro atoms. The molecule has 7 heteroatoms. The number of morpholine rings is 1. The molecule has 5 nitrogen and oxygen atoms in total. The summed E-state index contributed by atoms with van der Waals surface area (Å²) in [6.07, 6.45) is -0.952. The third-order valence-corrected chi connectivity index (χ3v) is 3.18. The lowest BCUT2D eigenvalue weighted by Gasteiger charge is -2.31. The van der Waals surface area contributed by atoms with Gasteiger partial charge in [0.05, 0.1) is 13.7 Å². The molecule has 0 amide bonds. The van der Waals surface area contributed by atoms with Gasteiger partial charge in [-0.2, -0.15) is 0 Å². The lowest BCUT2D eigenvalue weighted by molar-refractivity contribution is -0.156. The maximum atomic E-state index is 13.8. The minimum absolute atomic E-state index is 0.0694. The van der Waals surface area contributed by atoms with Gasteiger partial charge < -0.3 is 14.6 Å². The van der Waals surface area contributed by atoms with Crippen molar-refractivity contribution in [3.63, 3.8) is 0 Å². The van der Waals surface area contributed by atoms with Gasteiger partial charge in [0.25, 0.3) is 0 Å². The fourth-order valence-electron chi connectivity index (χ4n) is 2.13. The molecule has 1 saturated heterocycles. The van der Waals surface area contributed by atoms with E-state index in [2.05, 4.69) is 0 Å². The van der Waals surface area contributed by atoms with Gasteiger partial charge in [-0.05, 0) is 12.1 Å². The van der Waals surface area contributed by atoms with Crippen molar-refractivity contribution >= 4 is 5.97 Å². The van der Waals surface area contributed by atoms with Crippen molar-refractivity contribution < 1.29 is 28.2 Å². The Hall–Kier alpha value is -1.73. The summed E-state index contributed by atoms with van der Waals surface area (Å²) in [5.74, 6) is -2.75. The second-order valence-electron chi connectivity index (χ2n) is 4.47. The van der Waals surface area contributed by atoms with E-state index in [0.29, 0.717) is 6.54 Å². The summed E-state index contributed by atoms with van der Waals surface area (Å²) < 4.78 is 37.2. The first-order valence-corrected chi connectivity index (χ1v) is 6.10. The van der Waals surface area contributed by atoms with E-state index in [-0.39, 0.29) is 31.0 Å². The van der Waals surface area contributed by atoms with Crippen LogP contribution in [0.1, 0.15) is 5.56 Å². The van der Waals surface area contributed by atoms with Crippen LogP contribution in [0, 0.1) is 11.6 Å². The van der Waals surface area contributed by atoms with E-state index in [1.54, 1.807) is 4.90 Å². The molecule has 0 bridgehead atoms. The average Bonchev–Trinajstić information content (AvgIpc) is 2.44. The highest BCUT2D eigenvalue weighted by molar-refractivity contribution is 5.72. The molecular formula is C13H15F2NO4. The molecule has 0 aromatic heterocycles. The highest BCUT2D eigenvalue weighted by Gasteiger charge is 2.27. The number of benzene rings is 1. The first-order valence-electron chi connectivity index (χ1n) is 6.10. The average molecular weight is 287 g/mol. The predicted molar refractivity (Wildman–Crippen MR) is 65.6 cm³/mol. The smallest absolute Gasteiger partial charge is 0.334 e. The highest BCUT2D eigenvalue weighted by Crippen LogP contribution is 2.25. The minimum atomic E-state index is -1.07. The van der Waals surface area contributed by atoms with Crippen molar-refractivity contribution in [3.05, 3.63) is 29.3 Å². The van der Waals surface area contributed by atoms with Gasteiger partial charge in [-0.3, -0.25) is 4.90 Å². The lowest BCUT2D eigenvalue weighted by Crippen LogP contribution is -2.45. The highest BCUT2D eigenvalue weighted by atomic mass is 19.2. The van der Waals surface area contributed by atoms with Gasteiger partial charge in [-0.1, -0.05) is 0 Å². The number of aliphatic carboxylic acids is 1. The maximum absolute atomic E-state index is 13.8. The first kappa shape index (κ1) is 14.7. The third kappa shape index (κ3) is 3.05. The fraction of sp³-hybridized carbons (Fsp3) is 0.462. The maximum Gasteiger partial charge on any atom is 0.334 e. The molecule has 2 rings (SSSR count). The Kier molecular flexibility index (Phi) is 4.51. The lowest BCUT2D eigenvalue weighted by atomic mass is 10.1. The van der Waals surface area contributed by atoms with Crippen molar-refractivity contribution in [2.24, 2.45) is 0 Å². The predicted octanol–water partition coefficient (Wildman–Crippen LogP) is 1.26. The fourth-order valence-corrected chi connectivity index (χ4v) is 2.13. The van der Waals surface area contributed by atoms with Gasteiger partial charge in [0.15, 0.2) is 17.7 Å². The second-order valence-corrected chi connectivity index (χ2v) is 4.47. The third-order valence-electron chi connectivity index (χ3n) is 3.18. The van der Waals surface area contributed by atoms with Crippen LogP contribution in [0.3, 0.4) is 0 Å². The van der Waals surface area contributed by atoms with Crippen LogP contribution >= 0.6 is 0 Å². The molecule has 0 unspecified atom stereocenters. The molecule has 0 aliphatic carbocycles. The van der Waals surface area contributed by atoms with E-state index in [1.165, 1.54) is 13.2 Å². The topological polar surface area (TPSA) is 59.0 Å². The van der Waals surface area contributed by atoms with Gasteiger partial charge in [-0.15, -0.1) is 0 Å². The minimum Gasteiger partial charge on any atom is -0.496 e. The number of carbonyl (C=O) groups is 1. The van der Waals surface area contributed by atoms with Crippen LogP contribution in [-0.4, -0.2) is 48.9 Å². The van der Waals surface area contributed by atoms with Gasteiger partial charge in [-0.25, -0.2) is 13.6 Å². The molecule has 1 aromatic rings. The summed E-state index contributed by atoms with van der Waals surface area (Å²) in [6, 6.07) is 2.35. The summed E-state index contributed by atoms with van der Waals surface area (Å²) >= 11 is 0. The Morgan fingerprint density at radius 2 is 2.30 bits per heavy atom. The summed E-state index contributed by atoms with van der Waals surface area (Å²) in [6.45, 7) is 0.869. The number of halogens is 2. The molecule has 1 heterocycles. The van der Waals surface area contributed by atoms with Crippen LogP contribution in [0.4, 0.5) is 8.78 Å². The van der Waals surface area contributed by atoms with Crippen molar-refractivity contribution in [1.82, 2.24) is 4.90 Å². The number of rotatable bonds is 4. The SMILES string of the molecule is COc1ccc(F)c(F)c1CN1CCO[C@@H](C(=O)O)C1. The van der Waals surface area contributed by atoms with E-state index in [0.717, 1.165) is 6.07 Å². The van der Waals surface area contributed by atoms with Crippen LogP contribution in [0.15, 0.2) is 12.1 Å². The standard InChI is InChI=1S/C13H15F2NO4/c1-19-10-3-2-9(14)12(15)8(10)6-16-4-5-20-11(7-16)13(17)18/h2-3,11H,4-7H2,1H3,(H,17,18)/t11-/m1/s1. The summed E-state index contributed by atoms with van der Waals surface area (Å²) in [7, 11) is 1.37. The van der Waals surface area contributed by atoms with Gasteiger partial charge in [0, 0.05) is 25.2 Å². The van der Waals surface area contributed by atoms with E-state index in [4.69, 9.17) is 14.6 Å². The van der Waals surface area contributed by atoms with Crippen LogP contribution in [-0.2, 0) is 16.1 Å². The van der Waals surface area contributed by atoms with Gasteiger partial charge in [0.2, 0.25) is 0 Å². The van der Waals surface area contributed by atoms with E-state index >= 15 is 0 Å². The van der Waals surface area contributed by atoms with Crippen molar-refractivity contribution in [2.45, 2.75) is 12.6 Å². The number of hydrogen-bond acceptors (Lipinski definition) is 4. The molecule has 110 valence electrons. The monoisotopic (exact) mass is 287 g/mol. The number of nitrogens with zero attached hydrogens (tertiary/aromatic N) is 1. The van der Waals surface area contributed by atoms with Gasteiger partial charge in [0.1, 0.15) is 5.75 Å². The summed E-state index contributed by atoms with van der Waals surface area (Å²) in [5.41, 5.74) is 0.0820. The van der Waals surface area contributed by atoms with Crippen LogP contribution in [0.5, 0.6) is 5.75 Å². The Morgan fingerprint density at radius 3 is 2.95 bits per heavy atom. The largest absolute Gasteiger partial charge is 0.496 e. The van der Waals surface area contributed by atoms with Crippen LogP contribution in [0.25, 0.3) is 0 Å². The summed E-state index contributed by atoms with van der Waals surface area (Å²) in [5, 5.41) is 8.91. The molecule has 0 radical (unpaired) electrons. The van der Waals surface area contributed by atoms with E-state index in [1.807, 2.05) is 0 Å². The zero-order valence-corrected chi connectivity index (χ0v) is 10.9. The number of carboxylic acid groups (broad SMARTS) is 1. The summed E-state index contributed by atoms with van der Waals surface area (Å²) in [4.78, 5) is 12.6. The normalized spacial score (nSPS) is 19.9. The van der Waals surface area contributed by atoms with Crippen molar-refractivity contribution in [3.8, 4) is 5.75 Å². The zero-order chi connectivity index (χ0) is 14.7. The first-order chi connectivity index (χ1) is 9.52. The molecule has 1 aliphatic rings. The van der Waals surface area contributed by atoms with Crippen LogP contribution < -0.4 is 4.74 Å². The molecule has 1 atom stereocenters. The number of ether oxygens (including phenoxy) is 2. The number of hydrogen-bond donors (Lipinski definition) is 1. The van der Waals surface area contributed by atoms with Crippen molar-refractivity contribution in [1.29, 1.82) is 0 Å². The Labute approximate surface area is 114 Å². The molecule has 1 fully saturated rings. The number of methoxy groups -OCH3 is 1. The zero-order valence-electron chi connectivity index (χ0n) is 10.9. The molecule has 1 aliphatic heterocycles. The van der Waals surface area contributed by atoms with Crippen LogP contribution in [0.2, 0.25) is 0 Å². The van der Waals surface area contributed by atoms with Crippen molar-refractivity contribution in [2.75, 3.05) is 26.8 Å². The van der Waals surface area contributed by atoms with E-state index < -0.39 is 23.7 Å². The Morgan fingerprint density at radius 1 is 1.55 bits per heavy atom. The molecule has 20 heavy (non-hydrogen) atoms. The number of carboxylic acids is 1. The van der Waals surface area contributed by atoms with E-state index in [9.17, 15) is 13.6 Å². The molecule has 0 saturated carbocycles. The second kappa shape index (κ2) is 6.15. The molecule has 1 N–H and O–H groups in total. The van der Waals surface area contributed by atoms with Gasteiger partial charge >= 0.3 is 5.97 Å². The Balaban J connectivity index is 2.17.